The summed E-state index contributed by atoms with van der Waals surface area (Å²) in [5, 5.41) is 7.54. The van der Waals surface area contributed by atoms with Crippen molar-refractivity contribution in [2.24, 2.45) is 11.8 Å². The monoisotopic (exact) mass is 278 g/mol. The Labute approximate surface area is 121 Å². The number of hydrogen-bond donors (Lipinski definition) is 1. The molecule has 2 unspecified atom stereocenters. The van der Waals surface area contributed by atoms with E-state index in [1.54, 1.807) is 0 Å². The lowest BCUT2D eigenvalue weighted by Crippen LogP contribution is -2.58. The second-order valence-corrected chi connectivity index (χ2v) is 6.64. The lowest BCUT2D eigenvalue weighted by Gasteiger charge is -2.49. The minimum absolute atomic E-state index is 0.617. The van der Waals surface area contributed by atoms with Gasteiger partial charge in [-0.3, -0.25) is 0 Å². The van der Waals surface area contributed by atoms with Crippen molar-refractivity contribution >= 4 is 0 Å². The molecule has 1 aromatic heterocycles. The van der Waals surface area contributed by atoms with E-state index in [-0.39, 0.29) is 0 Å². The SMILES string of the molecule is Cc1noc(CNC2C3CCCC2CN(C(C)C)C3)n1. The Hall–Kier alpha value is -0.940. The predicted octanol–water partition coefficient (Wildman–Crippen LogP) is 1.98. The number of likely N-dealkylation sites (tertiary alicyclic amines) is 1. The van der Waals surface area contributed by atoms with Gasteiger partial charge in [-0.15, -0.1) is 0 Å². The first kappa shape index (κ1) is 14.0. The first-order valence-electron chi connectivity index (χ1n) is 7.90. The molecule has 5 nitrogen and oxygen atoms in total. The van der Waals surface area contributed by atoms with Crippen LogP contribution in [0.25, 0.3) is 0 Å². The first-order chi connectivity index (χ1) is 9.63. The minimum atomic E-state index is 0.617. The van der Waals surface area contributed by atoms with Gasteiger partial charge in [0.25, 0.3) is 0 Å². The molecule has 2 atom stereocenters. The molecule has 1 saturated heterocycles. The molecule has 2 heterocycles. The summed E-state index contributed by atoms with van der Waals surface area (Å²) in [5.41, 5.74) is 0. The third kappa shape index (κ3) is 2.88. The van der Waals surface area contributed by atoms with Crippen molar-refractivity contribution in [3.05, 3.63) is 11.7 Å². The number of nitrogens with one attached hydrogen (secondary N) is 1. The van der Waals surface area contributed by atoms with Gasteiger partial charge in [0.1, 0.15) is 0 Å². The van der Waals surface area contributed by atoms with E-state index in [4.69, 9.17) is 4.52 Å². The molecular weight excluding hydrogens is 252 g/mol. The highest BCUT2D eigenvalue weighted by atomic mass is 16.5. The van der Waals surface area contributed by atoms with Crippen LogP contribution >= 0.6 is 0 Å². The van der Waals surface area contributed by atoms with Crippen molar-refractivity contribution in [1.82, 2.24) is 20.4 Å². The Balaban J connectivity index is 1.61. The summed E-state index contributed by atoms with van der Waals surface area (Å²) in [6, 6.07) is 1.28. The fraction of sp³-hybridized carbons (Fsp3) is 0.867. The van der Waals surface area contributed by atoms with Gasteiger partial charge in [0.2, 0.25) is 5.89 Å². The Bertz CT molecular complexity index is 431. The van der Waals surface area contributed by atoms with E-state index in [0.29, 0.717) is 24.5 Å². The van der Waals surface area contributed by atoms with E-state index in [9.17, 15) is 0 Å². The van der Waals surface area contributed by atoms with Gasteiger partial charge in [0.15, 0.2) is 5.82 Å². The van der Waals surface area contributed by atoms with Crippen molar-refractivity contribution in [3.8, 4) is 0 Å². The van der Waals surface area contributed by atoms with Crippen molar-refractivity contribution in [2.75, 3.05) is 13.1 Å². The maximum absolute atomic E-state index is 5.20. The normalized spacial score (nSPS) is 30.9. The molecule has 5 heteroatoms. The van der Waals surface area contributed by atoms with Crippen LogP contribution < -0.4 is 5.32 Å². The molecule has 0 aromatic carbocycles. The predicted molar refractivity (Wildman–Crippen MR) is 77.2 cm³/mol. The van der Waals surface area contributed by atoms with E-state index in [2.05, 4.69) is 34.2 Å². The molecule has 3 rings (SSSR count). The number of fused-ring (bicyclic) bond motifs is 2. The molecule has 2 bridgehead atoms. The summed E-state index contributed by atoms with van der Waals surface area (Å²) in [5.74, 6) is 2.98. The summed E-state index contributed by atoms with van der Waals surface area (Å²) >= 11 is 0. The third-order valence-electron chi connectivity index (χ3n) is 4.89. The van der Waals surface area contributed by atoms with Gasteiger partial charge in [0.05, 0.1) is 6.54 Å². The maximum atomic E-state index is 5.20. The average Bonchev–Trinajstić information content (AvgIpc) is 2.81. The molecule has 2 fully saturated rings. The Kier molecular flexibility index (Phi) is 4.08. The van der Waals surface area contributed by atoms with Gasteiger partial charge in [-0.2, -0.15) is 4.98 Å². The fourth-order valence-corrected chi connectivity index (χ4v) is 3.84. The van der Waals surface area contributed by atoms with Crippen LogP contribution in [0.5, 0.6) is 0 Å². The molecular formula is C15H26N4O. The van der Waals surface area contributed by atoms with Gasteiger partial charge < -0.3 is 14.7 Å². The molecule has 1 aliphatic heterocycles. The van der Waals surface area contributed by atoms with E-state index in [1.807, 2.05) is 6.92 Å². The largest absolute Gasteiger partial charge is 0.338 e. The molecule has 1 N–H and O–H groups in total. The van der Waals surface area contributed by atoms with Gasteiger partial charge >= 0.3 is 0 Å². The van der Waals surface area contributed by atoms with E-state index in [0.717, 1.165) is 17.7 Å². The van der Waals surface area contributed by atoms with Crippen LogP contribution in [0.1, 0.15) is 44.8 Å². The van der Waals surface area contributed by atoms with Crippen LogP contribution in [0.4, 0.5) is 0 Å². The van der Waals surface area contributed by atoms with E-state index < -0.39 is 0 Å². The molecule has 0 radical (unpaired) electrons. The molecule has 2 aliphatic rings. The fourth-order valence-electron chi connectivity index (χ4n) is 3.84. The summed E-state index contributed by atoms with van der Waals surface area (Å²) in [6.45, 7) is 9.65. The highest BCUT2D eigenvalue weighted by Gasteiger charge is 2.39. The Morgan fingerprint density at radius 1 is 1.30 bits per heavy atom. The van der Waals surface area contributed by atoms with Crippen molar-refractivity contribution in [3.63, 3.8) is 0 Å². The highest BCUT2D eigenvalue weighted by Crippen LogP contribution is 2.35. The number of aryl methyl sites for hydroxylation is 1. The topological polar surface area (TPSA) is 54.2 Å². The molecule has 0 amide bonds. The number of piperidine rings is 1. The first-order valence-corrected chi connectivity index (χ1v) is 7.90. The Morgan fingerprint density at radius 2 is 2.00 bits per heavy atom. The summed E-state index contributed by atoms with van der Waals surface area (Å²) < 4.78 is 5.20. The molecule has 1 aliphatic carbocycles. The molecule has 1 aromatic rings. The van der Waals surface area contributed by atoms with E-state index in [1.165, 1.54) is 32.4 Å². The summed E-state index contributed by atoms with van der Waals surface area (Å²) in [6.07, 6.45) is 4.08. The summed E-state index contributed by atoms with van der Waals surface area (Å²) in [7, 11) is 0. The zero-order valence-electron chi connectivity index (χ0n) is 12.8. The van der Waals surface area contributed by atoms with Crippen molar-refractivity contribution < 1.29 is 4.52 Å². The van der Waals surface area contributed by atoms with Gasteiger partial charge in [-0.25, -0.2) is 0 Å². The third-order valence-corrected chi connectivity index (χ3v) is 4.89. The quantitative estimate of drug-likeness (QED) is 0.912. The molecule has 112 valence electrons. The van der Waals surface area contributed by atoms with Gasteiger partial charge in [-0.1, -0.05) is 11.6 Å². The standard InChI is InChI=1S/C15H26N4O/c1-10(2)19-8-12-5-4-6-13(9-19)15(12)16-7-14-17-11(3)18-20-14/h10,12-13,15-16H,4-9H2,1-3H3. The van der Waals surface area contributed by atoms with Crippen LogP contribution in [0.15, 0.2) is 4.52 Å². The lowest BCUT2D eigenvalue weighted by molar-refractivity contribution is 0.0279. The highest BCUT2D eigenvalue weighted by molar-refractivity contribution is 4.96. The van der Waals surface area contributed by atoms with Crippen LogP contribution in [0, 0.1) is 18.8 Å². The second kappa shape index (κ2) is 5.82. The van der Waals surface area contributed by atoms with Crippen LogP contribution in [0.3, 0.4) is 0 Å². The average molecular weight is 278 g/mol. The smallest absolute Gasteiger partial charge is 0.240 e. The number of hydrogen-bond acceptors (Lipinski definition) is 5. The maximum Gasteiger partial charge on any atom is 0.240 e. The zero-order chi connectivity index (χ0) is 14.1. The Morgan fingerprint density at radius 3 is 2.55 bits per heavy atom. The minimum Gasteiger partial charge on any atom is -0.338 e. The summed E-state index contributed by atoms with van der Waals surface area (Å²) in [4.78, 5) is 6.92. The van der Waals surface area contributed by atoms with Crippen molar-refractivity contribution in [1.29, 1.82) is 0 Å². The zero-order valence-corrected chi connectivity index (χ0v) is 12.8. The second-order valence-electron chi connectivity index (χ2n) is 6.64. The van der Waals surface area contributed by atoms with Crippen LogP contribution in [-0.4, -0.2) is 40.2 Å². The van der Waals surface area contributed by atoms with Crippen LogP contribution in [-0.2, 0) is 6.54 Å². The molecule has 20 heavy (non-hydrogen) atoms. The lowest BCUT2D eigenvalue weighted by atomic mass is 9.73. The number of nitrogens with zero attached hydrogens (tertiary/aromatic N) is 3. The van der Waals surface area contributed by atoms with Crippen molar-refractivity contribution in [2.45, 2.75) is 58.7 Å². The molecule has 1 saturated carbocycles. The van der Waals surface area contributed by atoms with Gasteiger partial charge in [-0.05, 0) is 45.4 Å². The van der Waals surface area contributed by atoms with E-state index >= 15 is 0 Å². The number of aromatic nitrogens is 2. The molecule has 0 spiro atoms. The number of rotatable bonds is 4. The van der Waals surface area contributed by atoms with Crippen LogP contribution in [0.2, 0.25) is 0 Å². The van der Waals surface area contributed by atoms with Gasteiger partial charge in [0, 0.05) is 25.2 Å².